The van der Waals surface area contributed by atoms with Crippen molar-refractivity contribution >= 4 is 54.5 Å². The molecule has 4 rings (SSSR count). The molecule has 3 aromatic carbocycles. The first-order chi connectivity index (χ1) is 16.4. The van der Waals surface area contributed by atoms with E-state index in [9.17, 15) is 9.59 Å². The van der Waals surface area contributed by atoms with Crippen molar-refractivity contribution in [3.05, 3.63) is 98.1 Å². The van der Waals surface area contributed by atoms with Crippen LogP contribution in [0.3, 0.4) is 0 Å². The SMILES string of the molecule is NC(=O)CCCCc1oc2cc(OCc3ccccc3)ccc2c1C(=O)c1cc(Br)cc(Br)c1. The van der Waals surface area contributed by atoms with Gasteiger partial charge in [0.1, 0.15) is 23.7 Å². The number of furan rings is 1. The molecular formula is C27H23Br2NO4. The van der Waals surface area contributed by atoms with E-state index in [4.69, 9.17) is 14.9 Å². The minimum absolute atomic E-state index is 0.122. The fourth-order valence-corrected chi connectivity index (χ4v) is 5.09. The van der Waals surface area contributed by atoms with Crippen LogP contribution in [0.5, 0.6) is 5.75 Å². The molecule has 0 unspecified atom stereocenters. The second-order valence-corrected chi connectivity index (χ2v) is 9.82. The van der Waals surface area contributed by atoms with E-state index in [-0.39, 0.29) is 11.7 Å². The van der Waals surface area contributed by atoms with Crippen molar-refractivity contribution in [2.45, 2.75) is 32.3 Å². The Morgan fingerprint density at radius 3 is 2.35 bits per heavy atom. The number of unbranched alkanes of at least 4 members (excludes halogenated alkanes) is 1. The topological polar surface area (TPSA) is 82.5 Å². The third-order valence-electron chi connectivity index (χ3n) is 5.41. The number of ketones is 1. The lowest BCUT2D eigenvalue weighted by Crippen LogP contribution is -2.10. The van der Waals surface area contributed by atoms with E-state index in [2.05, 4.69) is 31.9 Å². The number of hydrogen-bond acceptors (Lipinski definition) is 4. The number of nitrogens with two attached hydrogens (primary N) is 1. The number of amides is 1. The van der Waals surface area contributed by atoms with Crippen LogP contribution in [0, 0.1) is 0 Å². The molecule has 0 spiro atoms. The zero-order valence-electron chi connectivity index (χ0n) is 18.4. The van der Waals surface area contributed by atoms with Crippen molar-refractivity contribution in [2.24, 2.45) is 5.73 Å². The molecule has 0 aliphatic heterocycles. The van der Waals surface area contributed by atoms with Gasteiger partial charge < -0.3 is 14.9 Å². The Balaban J connectivity index is 1.66. The lowest BCUT2D eigenvalue weighted by Gasteiger charge is -2.06. The second kappa shape index (κ2) is 11.0. The fourth-order valence-electron chi connectivity index (χ4n) is 3.80. The van der Waals surface area contributed by atoms with Crippen LogP contribution in [0.2, 0.25) is 0 Å². The van der Waals surface area contributed by atoms with E-state index in [0.717, 1.165) is 19.9 Å². The number of fused-ring (bicyclic) bond motifs is 1. The maximum absolute atomic E-state index is 13.6. The van der Waals surface area contributed by atoms with E-state index in [0.29, 0.717) is 60.5 Å². The summed E-state index contributed by atoms with van der Waals surface area (Å²) in [5.74, 6) is 0.805. The maximum Gasteiger partial charge on any atom is 0.217 e. The molecule has 0 bridgehead atoms. The van der Waals surface area contributed by atoms with Gasteiger partial charge >= 0.3 is 0 Å². The van der Waals surface area contributed by atoms with Gasteiger partial charge in [-0.25, -0.2) is 0 Å². The summed E-state index contributed by atoms with van der Waals surface area (Å²) < 4.78 is 13.7. The number of ether oxygens (including phenoxy) is 1. The third kappa shape index (κ3) is 5.96. The number of hydrogen-bond donors (Lipinski definition) is 1. The maximum atomic E-state index is 13.6. The Bertz CT molecular complexity index is 1310. The van der Waals surface area contributed by atoms with E-state index in [1.165, 1.54) is 0 Å². The molecule has 4 aromatic rings. The van der Waals surface area contributed by atoms with E-state index >= 15 is 0 Å². The van der Waals surface area contributed by atoms with Gasteiger partial charge in [0.05, 0.1) is 5.56 Å². The van der Waals surface area contributed by atoms with Crippen molar-refractivity contribution < 1.29 is 18.7 Å². The summed E-state index contributed by atoms with van der Waals surface area (Å²) in [5.41, 5.74) is 8.00. The van der Waals surface area contributed by atoms with Crippen LogP contribution in [0.4, 0.5) is 0 Å². The summed E-state index contributed by atoms with van der Waals surface area (Å²) in [4.78, 5) is 24.7. The van der Waals surface area contributed by atoms with E-state index < -0.39 is 0 Å². The van der Waals surface area contributed by atoms with Crippen LogP contribution < -0.4 is 10.5 Å². The predicted molar refractivity (Wildman–Crippen MR) is 139 cm³/mol. The number of primary amides is 1. The summed E-state index contributed by atoms with van der Waals surface area (Å²) in [6, 6.07) is 20.9. The van der Waals surface area contributed by atoms with Gasteiger partial charge in [-0.1, -0.05) is 62.2 Å². The first kappa shape index (κ1) is 24.2. The molecule has 174 valence electrons. The molecule has 2 N–H and O–H groups in total. The van der Waals surface area contributed by atoms with Gasteiger partial charge in [0.25, 0.3) is 0 Å². The molecular weight excluding hydrogens is 562 g/mol. The summed E-state index contributed by atoms with van der Waals surface area (Å²) in [6.07, 6.45) is 2.15. The van der Waals surface area contributed by atoms with Crippen molar-refractivity contribution in [3.63, 3.8) is 0 Å². The second-order valence-electron chi connectivity index (χ2n) is 7.99. The van der Waals surface area contributed by atoms with Gasteiger partial charge in [0, 0.05) is 38.8 Å². The number of carbonyl (C=O) groups is 2. The smallest absolute Gasteiger partial charge is 0.217 e. The zero-order chi connectivity index (χ0) is 24.1. The van der Waals surface area contributed by atoms with E-state index in [1.54, 1.807) is 12.1 Å². The molecule has 1 amide bonds. The normalized spacial score (nSPS) is 11.0. The summed E-state index contributed by atoms with van der Waals surface area (Å²) >= 11 is 6.92. The quantitative estimate of drug-likeness (QED) is 0.161. The minimum atomic E-state index is -0.333. The highest BCUT2D eigenvalue weighted by atomic mass is 79.9. The van der Waals surface area contributed by atoms with Gasteiger partial charge in [-0.2, -0.15) is 0 Å². The lowest BCUT2D eigenvalue weighted by molar-refractivity contribution is -0.118. The monoisotopic (exact) mass is 583 g/mol. The highest BCUT2D eigenvalue weighted by Gasteiger charge is 2.23. The molecule has 0 fully saturated rings. The summed E-state index contributed by atoms with van der Waals surface area (Å²) in [7, 11) is 0. The first-order valence-corrected chi connectivity index (χ1v) is 12.5. The molecule has 0 saturated carbocycles. The summed E-state index contributed by atoms with van der Waals surface area (Å²) in [6.45, 7) is 0.435. The molecule has 34 heavy (non-hydrogen) atoms. The number of benzene rings is 3. The Morgan fingerprint density at radius 2 is 1.65 bits per heavy atom. The Hall–Kier alpha value is -2.90. The largest absolute Gasteiger partial charge is 0.489 e. The predicted octanol–water partition coefficient (Wildman–Crippen LogP) is 6.97. The summed E-state index contributed by atoms with van der Waals surface area (Å²) in [5, 5.41) is 0.734. The number of halogens is 2. The third-order valence-corrected chi connectivity index (χ3v) is 6.33. The van der Waals surface area contributed by atoms with Crippen LogP contribution >= 0.6 is 31.9 Å². The fraction of sp³-hybridized carbons (Fsp3) is 0.185. The highest BCUT2D eigenvalue weighted by Crippen LogP contribution is 2.33. The number of rotatable bonds is 10. The average molecular weight is 585 g/mol. The highest BCUT2D eigenvalue weighted by molar-refractivity contribution is 9.11. The Morgan fingerprint density at radius 1 is 0.912 bits per heavy atom. The average Bonchev–Trinajstić information content (AvgIpc) is 3.17. The van der Waals surface area contributed by atoms with Gasteiger partial charge in [-0.3, -0.25) is 9.59 Å². The molecule has 1 heterocycles. The van der Waals surface area contributed by atoms with Crippen molar-refractivity contribution in [1.29, 1.82) is 0 Å². The van der Waals surface area contributed by atoms with Crippen molar-refractivity contribution in [3.8, 4) is 5.75 Å². The van der Waals surface area contributed by atoms with Gasteiger partial charge in [0.2, 0.25) is 5.91 Å². The van der Waals surface area contributed by atoms with E-state index in [1.807, 2.05) is 54.6 Å². The van der Waals surface area contributed by atoms with Crippen LogP contribution in [-0.4, -0.2) is 11.7 Å². The lowest BCUT2D eigenvalue weighted by atomic mass is 9.98. The van der Waals surface area contributed by atoms with Gasteiger partial charge in [0.15, 0.2) is 5.78 Å². The Labute approximate surface area is 214 Å². The molecule has 1 aromatic heterocycles. The molecule has 0 radical (unpaired) electrons. The van der Waals surface area contributed by atoms with Gasteiger partial charge in [-0.05, 0) is 48.7 Å². The van der Waals surface area contributed by atoms with Crippen LogP contribution in [0.25, 0.3) is 11.0 Å². The molecule has 5 nitrogen and oxygen atoms in total. The Kier molecular flexibility index (Phi) is 7.85. The minimum Gasteiger partial charge on any atom is -0.489 e. The standard InChI is InChI=1S/C27H23Br2NO4/c28-19-12-18(13-20(29)14-19)27(32)26-22-11-10-21(33-16-17-6-2-1-3-7-17)15-24(22)34-23(26)8-4-5-9-25(30)31/h1-3,6-7,10-15H,4-5,8-9,16H2,(H2,30,31). The number of carbonyl (C=O) groups excluding carboxylic acids is 2. The first-order valence-electron chi connectivity index (χ1n) is 10.9. The van der Waals surface area contributed by atoms with Crippen LogP contribution in [-0.2, 0) is 17.8 Å². The van der Waals surface area contributed by atoms with Crippen molar-refractivity contribution in [2.75, 3.05) is 0 Å². The van der Waals surface area contributed by atoms with Crippen LogP contribution in [0.1, 0.15) is 46.5 Å². The van der Waals surface area contributed by atoms with Crippen LogP contribution in [0.15, 0.2) is 80.1 Å². The molecule has 0 atom stereocenters. The molecule has 7 heteroatoms. The molecule has 0 saturated heterocycles. The van der Waals surface area contributed by atoms with Gasteiger partial charge in [-0.15, -0.1) is 0 Å². The molecule has 0 aliphatic carbocycles. The zero-order valence-corrected chi connectivity index (χ0v) is 21.5. The number of aryl methyl sites for hydroxylation is 1. The van der Waals surface area contributed by atoms with Crippen molar-refractivity contribution in [1.82, 2.24) is 0 Å². The molecule has 0 aliphatic rings.